The lowest BCUT2D eigenvalue weighted by Gasteiger charge is -2.05. The number of hydrogen-bond acceptors (Lipinski definition) is 2. The van der Waals surface area contributed by atoms with Gasteiger partial charge in [0.05, 0.1) is 4.90 Å². The van der Waals surface area contributed by atoms with Gasteiger partial charge in [-0.05, 0) is 34.9 Å². The van der Waals surface area contributed by atoms with E-state index in [9.17, 15) is 8.42 Å². The van der Waals surface area contributed by atoms with E-state index in [-0.39, 0.29) is 4.90 Å². The molecule has 0 bridgehead atoms. The number of benzene rings is 2. The lowest BCUT2D eigenvalue weighted by Crippen LogP contribution is -1.98. The Morgan fingerprint density at radius 3 is 2.56 bits per heavy atom. The first-order chi connectivity index (χ1) is 7.52. The topological polar surface area (TPSA) is 54.4 Å². The molecule has 0 aromatic heterocycles. The number of aryl methyl sites for hydroxylation is 1. The molecule has 0 fully saturated rings. The molecule has 0 amide bonds. The average Bonchev–Trinajstić information content (AvgIpc) is 2.26. The third kappa shape index (κ3) is 1.94. The van der Waals surface area contributed by atoms with Crippen LogP contribution in [-0.4, -0.2) is 13.0 Å². The summed E-state index contributed by atoms with van der Waals surface area (Å²) in [7, 11) is -4.12. The van der Waals surface area contributed by atoms with Gasteiger partial charge in [0.25, 0.3) is 10.1 Å². The summed E-state index contributed by atoms with van der Waals surface area (Å²) in [6.07, 6.45) is 0.826. The Labute approximate surface area is 94.5 Å². The van der Waals surface area contributed by atoms with Crippen LogP contribution >= 0.6 is 0 Å². The molecule has 0 saturated carbocycles. The molecule has 0 aliphatic rings. The van der Waals surface area contributed by atoms with Crippen molar-refractivity contribution in [3.05, 3.63) is 42.0 Å². The summed E-state index contributed by atoms with van der Waals surface area (Å²) in [5, 5.41) is 1.85. The molecule has 2 aromatic carbocycles. The summed E-state index contributed by atoms with van der Waals surface area (Å²) in [6, 6.07) is 10.4. The van der Waals surface area contributed by atoms with Crippen LogP contribution in [0.25, 0.3) is 10.8 Å². The second-order valence-corrected chi connectivity index (χ2v) is 5.05. The zero-order valence-corrected chi connectivity index (χ0v) is 9.66. The molecule has 84 valence electrons. The Hall–Kier alpha value is -1.39. The van der Waals surface area contributed by atoms with Gasteiger partial charge in [-0.1, -0.05) is 31.2 Å². The average molecular weight is 236 g/mol. The molecule has 16 heavy (non-hydrogen) atoms. The van der Waals surface area contributed by atoms with E-state index in [1.165, 1.54) is 12.1 Å². The first kappa shape index (κ1) is 11.1. The molecule has 0 spiro atoms. The molecule has 0 aliphatic carbocycles. The standard InChI is InChI=1S/C12H12O3S/c1-2-9-4-3-5-10-6-7-11(8-12(9)10)16(13,14)15/h3-8H,2H2,1H3,(H,13,14,15). The highest BCUT2D eigenvalue weighted by Crippen LogP contribution is 2.22. The molecule has 1 N–H and O–H groups in total. The van der Waals surface area contributed by atoms with E-state index >= 15 is 0 Å². The Kier molecular flexibility index (Phi) is 2.69. The maximum absolute atomic E-state index is 11.0. The molecule has 0 saturated heterocycles. The van der Waals surface area contributed by atoms with Gasteiger partial charge in [-0.25, -0.2) is 0 Å². The smallest absolute Gasteiger partial charge is 0.282 e. The quantitative estimate of drug-likeness (QED) is 0.815. The zero-order valence-electron chi connectivity index (χ0n) is 8.84. The Morgan fingerprint density at radius 1 is 1.19 bits per heavy atom. The molecule has 0 heterocycles. The second-order valence-electron chi connectivity index (χ2n) is 3.63. The van der Waals surface area contributed by atoms with Crippen molar-refractivity contribution in [2.75, 3.05) is 0 Å². The predicted octanol–water partition coefficient (Wildman–Crippen LogP) is 2.65. The van der Waals surface area contributed by atoms with Gasteiger partial charge in [0.1, 0.15) is 0 Å². The fourth-order valence-electron chi connectivity index (χ4n) is 1.79. The van der Waals surface area contributed by atoms with E-state index in [4.69, 9.17) is 4.55 Å². The van der Waals surface area contributed by atoms with E-state index in [0.29, 0.717) is 0 Å². The van der Waals surface area contributed by atoms with Crippen LogP contribution in [0.15, 0.2) is 41.3 Å². The van der Waals surface area contributed by atoms with E-state index in [1.807, 2.05) is 25.1 Å². The fraction of sp³-hybridized carbons (Fsp3) is 0.167. The summed E-state index contributed by atoms with van der Waals surface area (Å²) >= 11 is 0. The number of hydrogen-bond donors (Lipinski definition) is 1. The minimum absolute atomic E-state index is 0.0547. The summed E-state index contributed by atoms with van der Waals surface area (Å²) in [5.41, 5.74) is 1.07. The monoisotopic (exact) mass is 236 g/mol. The number of rotatable bonds is 2. The molecular weight excluding hydrogens is 224 g/mol. The molecule has 2 rings (SSSR count). The van der Waals surface area contributed by atoms with Gasteiger partial charge in [-0.3, -0.25) is 4.55 Å². The van der Waals surface area contributed by atoms with Crippen LogP contribution in [-0.2, 0) is 16.5 Å². The molecule has 4 heteroatoms. The van der Waals surface area contributed by atoms with E-state index < -0.39 is 10.1 Å². The molecule has 2 aromatic rings. The minimum Gasteiger partial charge on any atom is -0.282 e. The molecule has 0 atom stereocenters. The van der Waals surface area contributed by atoms with E-state index in [1.54, 1.807) is 6.07 Å². The maximum Gasteiger partial charge on any atom is 0.294 e. The minimum atomic E-state index is -4.12. The normalized spacial score (nSPS) is 11.9. The lowest BCUT2D eigenvalue weighted by molar-refractivity contribution is 0.483. The Bertz CT molecular complexity index is 630. The van der Waals surface area contributed by atoms with Crippen molar-refractivity contribution in [2.45, 2.75) is 18.2 Å². The lowest BCUT2D eigenvalue weighted by atomic mass is 10.0. The molecular formula is C12H12O3S. The van der Waals surface area contributed by atoms with Crippen LogP contribution in [0.2, 0.25) is 0 Å². The van der Waals surface area contributed by atoms with Crippen LogP contribution in [0.1, 0.15) is 12.5 Å². The van der Waals surface area contributed by atoms with Gasteiger partial charge < -0.3 is 0 Å². The highest BCUT2D eigenvalue weighted by molar-refractivity contribution is 7.85. The van der Waals surface area contributed by atoms with Crippen LogP contribution in [0.3, 0.4) is 0 Å². The maximum atomic E-state index is 11.0. The van der Waals surface area contributed by atoms with Gasteiger partial charge >= 0.3 is 0 Å². The first-order valence-electron chi connectivity index (χ1n) is 5.01. The Balaban J connectivity index is 2.78. The molecule has 0 unspecified atom stereocenters. The fourth-order valence-corrected chi connectivity index (χ4v) is 2.29. The Morgan fingerprint density at radius 2 is 1.94 bits per heavy atom. The predicted molar refractivity (Wildman–Crippen MR) is 63.1 cm³/mol. The van der Waals surface area contributed by atoms with Gasteiger partial charge in [0.2, 0.25) is 0 Å². The van der Waals surface area contributed by atoms with E-state index in [0.717, 1.165) is 22.8 Å². The van der Waals surface area contributed by atoms with Crippen LogP contribution in [0.5, 0.6) is 0 Å². The van der Waals surface area contributed by atoms with Crippen molar-refractivity contribution in [1.29, 1.82) is 0 Å². The third-order valence-corrected chi connectivity index (χ3v) is 3.47. The summed E-state index contributed by atoms with van der Waals surface area (Å²) in [4.78, 5) is -0.0547. The van der Waals surface area contributed by atoms with Gasteiger partial charge in [-0.15, -0.1) is 0 Å². The van der Waals surface area contributed by atoms with Crippen molar-refractivity contribution in [2.24, 2.45) is 0 Å². The van der Waals surface area contributed by atoms with Gasteiger partial charge in [0, 0.05) is 0 Å². The first-order valence-corrected chi connectivity index (χ1v) is 6.45. The highest BCUT2D eigenvalue weighted by atomic mass is 32.2. The van der Waals surface area contributed by atoms with Crippen LogP contribution < -0.4 is 0 Å². The third-order valence-electron chi connectivity index (χ3n) is 2.62. The molecule has 0 aliphatic heterocycles. The summed E-state index contributed by atoms with van der Waals surface area (Å²) < 4.78 is 31.0. The van der Waals surface area contributed by atoms with Crippen LogP contribution in [0, 0.1) is 0 Å². The van der Waals surface area contributed by atoms with Gasteiger partial charge in [-0.2, -0.15) is 8.42 Å². The van der Waals surface area contributed by atoms with Crippen molar-refractivity contribution in [3.63, 3.8) is 0 Å². The van der Waals surface area contributed by atoms with Gasteiger partial charge in [0.15, 0.2) is 0 Å². The second kappa shape index (κ2) is 3.88. The molecule has 3 nitrogen and oxygen atoms in total. The van der Waals surface area contributed by atoms with Crippen molar-refractivity contribution in [3.8, 4) is 0 Å². The van der Waals surface area contributed by atoms with E-state index in [2.05, 4.69) is 0 Å². The molecule has 0 radical (unpaired) electrons. The highest BCUT2D eigenvalue weighted by Gasteiger charge is 2.10. The SMILES string of the molecule is CCc1cccc2ccc(S(=O)(=O)O)cc12. The number of fused-ring (bicyclic) bond motifs is 1. The summed E-state index contributed by atoms with van der Waals surface area (Å²) in [5.74, 6) is 0. The largest absolute Gasteiger partial charge is 0.294 e. The van der Waals surface area contributed by atoms with Crippen molar-refractivity contribution >= 4 is 20.9 Å². The van der Waals surface area contributed by atoms with Crippen molar-refractivity contribution < 1.29 is 13.0 Å². The van der Waals surface area contributed by atoms with Crippen molar-refractivity contribution in [1.82, 2.24) is 0 Å². The van der Waals surface area contributed by atoms with Crippen LogP contribution in [0.4, 0.5) is 0 Å². The summed E-state index contributed by atoms with van der Waals surface area (Å²) in [6.45, 7) is 2.01. The zero-order chi connectivity index (χ0) is 11.8.